The van der Waals surface area contributed by atoms with Gasteiger partial charge in [-0.25, -0.2) is 0 Å². The molecule has 0 saturated carbocycles. The van der Waals surface area contributed by atoms with Crippen molar-refractivity contribution in [2.45, 2.75) is 19.4 Å². The maximum Gasteiger partial charge on any atom is 0.322 e. The number of hydrogen-bond donors (Lipinski definition) is 1. The fraction of sp³-hybridized carbons (Fsp3) is 0.385. The number of carbonyl (C=O) groups excluding carboxylic acids is 2. The smallest absolute Gasteiger partial charge is 0.322 e. The summed E-state index contributed by atoms with van der Waals surface area (Å²) in [6, 6.07) is 6.42. The molecule has 0 aromatic heterocycles. The number of benzene rings is 1. The normalized spacial score (nSPS) is 11.7. The van der Waals surface area contributed by atoms with Gasteiger partial charge in [0.05, 0.1) is 7.11 Å². The van der Waals surface area contributed by atoms with Crippen LogP contribution in [-0.2, 0) is 20.7 Å². The van der Waals surface area contributed by atoms with E-state index in [0.29, 0.717) is 12.2 Å². The molecule has 0 fully saturated rings. The number of esters is 1. The molecule has 1 atom stereocenters. The Morgan fingerprint density at radius 2 is 1.89 bits per heavy atom. The zero-order valence-electron chi connectivity index (χ0n) is 10.5. The van der Waals surface area contributed by atoms with Crippen molar-refractivity contribution in [3.05, 3.63) is 29.8 Å². The summed E-state index contributed by atoms with van der Waals surface area (Å²) in [5, 5.41) is 0. The first-order valence-electron chi connectivity index (χ1n) is 5.57. The molecule has 0 radical (unpaired) electrons. The van der Waals surface area contributed by atoms with Gasteiger partial charge in [0.2, 0.25) is 0 Å². The minimum absolute atomic E-state index is 0.0354. The van der Waals surface area contributed by atoms with Crippen molar-refractivity contribution >= 4 is 11.8 Å². The van der Waals surface area contributed by atoms with Crippen LogP contribution in [0.4, 0.5) is 0 Å². The molecule has 98 valence electrons. The number of methoxy groups -OCH3 is 1. The van der Waals surface area contributed by atoms with E-state index in [1.807, 2.05) is 0 Å². The van der Waals surface area contributed by atoms with Crippen LogP contribution in [0.5, 0.6) is 5.75 Å². The Labute approximate surface area is 106 Å². The van der Waals surface area contributed by atoms with Crippen LogP contribution < -0.4 is 10.5 Å². The molecule has 5 nitrogen and oxygen atoms in total. The highest BCUT2D eigenvalue weighted by molar-refractivity contribution is 5.77. The van der Waals surface area contributed by atoms with Gasteiger partial charge in [0.1, 0.15) is 18.4 Å². The zero-order chi connectivity index (χ0) is 13.5. The average Bonchev–Trinajstić information content (AvgIpc) is 2.36. The average molecular weight is 251 g/mol. The van der Waals surface area contributed by atoms with Gasteiger partial charge >= 0.3 is 5.97 Å². The molecule has 0 aliphatic carbocycles. The van der Waals surface area contributed by atoms with Crippen LogP contribution in [0.3, 0.4) is 0 Å². The summed E-state index contributed by atoms with van der Waals surface area (Å²) in [5.41, 5.74) is 6.55. The fourth-order valence-corrected chi connectivity index (χ4v) is 1.40. The third-order valence-corrected chi connectivity index (χ3v) is 2.32. The van der Waals surface area contributed by atoms with Crippen LogP contribution in [0.25, 0.3) is 0 Å². The standard InChI is InChI=1S/C13H17NO4/c1-9(15)8-18-11-5-3-10(4-6-11)7-12(14)13(16)17-2/h3-6,12H,7-8,14H2,1-2H3. The van der Waals surface area contributed by atoms with Crippen molar-refractivity contribution < 1.29 is 19.1 Å². The molecule has 0 spiro atoms. The van der Waals surface area contributed by atoms with Crippen LogP contribution >= 0.6 is 0 Å². The second-order valence-corrected chi connectivity index (χ2v) is 3.97. The highest BCUT2D eigenvalue weighted by atomic mass is 16.5. The van der Waals surface area contributed by atoms with E-state index in [1.54, 1.807) is 24.3 Å². The first-order valence-corrected chi connectivity index (χ1v) is 5.57. The predicted octanol–water partition coefficient (Wildman–Crippen LogP) is 0.697. The van der Waals surface area contributed by atoms with Crippen molar-refractivity contribution in [1.82, 2.24) is 0 Å². The Balaban J connectivity index is 2.54. The van der Waals surface area contributed by atoms with Crippen LogP contribution in [0, 0.1) is 0 Å². The first kappa shape index (κ1) is 14.2. The SMILES string of the molecule is COC(=O)C(N)Cc1ccc(OCC(C)=O)cc1. The van der Waals surface area contributed by atoms with Gasteiger partial charge in [0.25, 0.3) is 0 Å². The highest BCUT2D eigenvalue weighted by Crippen LogP contribution is 2.13. The third-order valence-electron chi connectivity index (χ3n) is 2.32. The van der Waals surface area contributed by atoms with Crippen molar-refractivity contribution in [3.8, 4) is 5.75 Å². The van der Waals surface area contributed by atoms with Gasteiger partial charge in [-0.1, -0.05) is 12.1 Å². The van der Waals surface area contributed by atoms with Gasteiger partial charge < -0.3 is 15.2 Å². The van der Waals surface area contributed by atoms with Crippen molar-refractivity contribution in [1.29, 1.82) is 0 Å². The molecule has 1 rings (SSSR count). The lowest BCUT2D eigenvalue weighted by molar-refractivity contribution is -0.142. The summed E-state index contributed by atoms with van der Waals surface area (Å²) in [7, 11) is 1.31. The van der Waals surface area contributed by atoms with E-state index in [0.717, 1.165) is 5.56 Å². The van der Waals surface area contributed by atoms with E-state index in [1.165, 1.54) is 14.0 Å². The summed E-state index contributed by atoms with van der Waals surface area (Å²) in [6.45, 7) is 1.52. The number of ketones is 1. The van der Waals surface area contributed by atoms with E-state index in [2.05, 4.69) is 4.74 Å². The second kappa shape index (κ2) is 6.76. The monoisotopic (exact) mass is 251 g/mol. The van der Waals surface area contributed by atoms with Crippen LogP contribution in [0.1, 0.15) is 12.5 Å². The van der Waals surface area contributed by atoms with Gasteiger partial charge in [-0.3, -0.25) is 9.59 Å². The summed E-state index contributed by atoms with van der Waals surface area (Å²) in [5.74, 6) is 0.138. The number of rotatable bonds is 6. The highest BCUT2D eigenvalue weighted by Gasteiger charge is 2.13. The van der Waals surface area contributed by atoms with Crippen molar-refractivity contribution in [2.75, 3.05) is 13.7 Å². The Morgan fingerprint density at radius 1 is 1.28 bits per heavy atom. The third kappa shape index (κ3) is 4.55. The molecule has 1 unspecified atom stereocenters. The topological polar surface area (TPSA) is 78.6 Å². The predicted molar refractivity (Wildman–Crippen MR) is 66.3 cm³/mol. The fourth-order valence-electron chi connectivity index (χ4n) is 1.40. The maximum absolute atomic E-state index is 11.2. The summed E-state index contributed by atoms with van der Waals surface area (Å²) >= 11 is 0. The molecule has 0 aliphatic rings. The molecule has 0 saturated heterocycles. The molecule has 5 heteroatoms. The summed E-state index contributed by atoms with van der Waals surface area (Å²) < 4.78 is 9.77. The Hall–Kier alpha value is -1.88. The Bertz CT molecular complexity index is 414. The molecule has 1 aromatic rings. The lowest BCUT2D eigenvalue weighted by atomic mass is 10.1. The second-order valence-electron chi connectivity index (χ2n) is 3.97. The number of carbonyl (C=O) groups is 2. The van der Waals surface area contributed by atoms with E-state index in [9.17, 15) is 9.59 Å². The van der Waals surface area contributed by atoms with Crippen molar-refractivity contribution in [2.24, 2.45) is 5.73 Å². The molecular weight excluding hydrogens is 234 g/mol. The van der Waals surface area contributed by atoms with Crippen LogP contribution in [-0.4, -0.2) is 31.5 Å². The van der Waals surface area contributed by atoms with Gasteiger partial charge in [-0.15, -0.1) is 0 Å². The van der Waals surface area contributed by atoms with E-state index < -0.39 is 12.0 Å². The van der Waals surface area contributed by atoms with E-state index >= 15 is 0 Å². The van der Waals surface area contributed by atoms with Gasteiger partial charge in [-0.2, -0.15) is 0 Å². The van der Waals surface area contributed by atoms with Gasteiger partial charge in [-0.05, 0) is 31.0 Å². The quantitative estimate of drug-likeness (QED) is 0.753. The van der Waals surface area contributed by atoms with Gasteiger partial charge in [0.15, 0.2) is 5.78 Å². The Kier molecular flexibility index (Phi) is 5.32. The number of ether oxygens (including phenoxy) is 2. The lowest BCUT2D eigenvalue weighted by Gasteiger charge is -2.10. The van der Waals surface area contributed by atoms with Crippen LogP contribution in [0.15, 0.2) is 24.3 Å². The minimum Gasteiger partial charge on any atom is -0.486 e. The summed E-state index contributed by atoms with van der Waals surface area (Å²) in [6.07, 6.45) is 0.402. The molecule has 1 aromatic carbocycles. The zero-order valence-corrected chi connectivity index (χ0v) is 10.5. The molecule has 18 heavy (non-hydrogen) atoms. The number of Topliss-reactive ketones (excluding diaryl/α,β-unsaturated/α-hetero) is 1. The van der Waals surface area contributed by atoms with Crippen LogP contribution in [0.2, 0.25) is 0 Å². The van der Waals surface area contributed by atoms with Crippen molar-refractivity contribution in [3.63, 3.8) is 0 Å². The first-order chi connectivity index (χ1) is 8.52. The molecule has 0 heterocycles. The lowest BCUT2D eigenvalue weighted by Crippen LogP contribution is -2.33. The molecule has 0 amide bonds. The minimum atomic E-state index is -0.668. The number of hydrogen-bond acceptors (Lipinski definition) is 5. The van der Waals surface area contributed by atoms with E-state index in [-0.39, 0.29) is 12.4 Å². The summed E-state index contributed by atoms with van der Waals surface area (Å²) in [4.78, 5) is 21.9. The van der Waals surface area contributed by atoms with E-state index in [4.69, 9.17) is 10.5 Å². The Morgan fingerprint density at radius 3 is 2.39 bits per heavy atom. The molecule has 0 bridgehead atoms. The number of nitrogens with two attached hydrogens (primary N) is 1. The maximum atomic E-state index is 11.2. The molecule has 0 aliphatic heterocycles. The largest absolute Gasteiger partial charge is 0.486 e. The molecular formula is C13H17NO4. The van der Waals surface area contributed by atoms with Gasteiger partial charge in [0, 0.05) is 0 Å². The molecule has 2 N–H and O–H groups in total.